The Morgan fingerprint density at radius 1 is 1.00 bits per heavy atom. The maximum Gasteiger partial charge on any atom is 0.125 e. The smallest absolute Gasteiger partial charge is 0.125 e. The third-order valence-electron chi connectivity index (χ3n) is 2.46. The fraction of sp³-hybridized carbons (Fsp3) is 0.0769. The van der Waals surface area contributed by atoms with Crippen LogP contribution in [0.5, 0.6) is 5.75 Å². The molecule has 0 saturated heterocycles. The highest BCUT2D eigenvalue weighted by Crippen LogP contribution is 2.32. The molecule has 2 aromatic carbocycles. The Labute approximate surface area is 89.0 Å². The minimum Gasteiger partial charge on any atom is -0.507 e. The second kappa shape index (κ2) is 3.65. The van der Waals surface area contributed by atoms with Crippen molar-refractivity contribution in [2.45, 2.75) is 6.92 Å². The van der Waals surface area contributed by atoms with E-state index in [0.717, 1.165) is 16.7 Å². The van der Waals surface area contributed by atoms with Gasteiger partial charge in [0.2, 0.25) is 0 Å². The van der Waals surface area contributed by atoms with E-state index < -0.39 is 0 Å². The third-order valence-corrected chi connectivity index (χ3v) is 2.46. The number of nitrogens with two attached hydrogens (primary N) is 1. The van der Waals surface area contributed by atoms with Crippen molar-refractivity contribution in [1.29, 1.82) is 0 Å². The van der Waals surface area contributed by atoms with Crippen LogP contribution in [0.15, 0.2) is 42.5 Å². The summed E-state index contributed by atoms with van der Waals surface area (Å²) in [5.74, 6) is 0.226. The van der Waals surface area contributed by atoms with Crippen LogP contribution >= 0.6 is 0 Å². The van der Waals surface area contributed by atoms with Gasteiger partial charge in [0.1, 0.15) is 5.75 Å². The maximum atomic E-state index is 9.79. The Morgan fingerprint density at radius 2 is 1.73 bits per heavy atom. The molecule has 2 rings (SSSR count). The number of hydrogen-bond acceptors (Lipinski definition) is 2. The molecule has 0 aliphatic heterocycles. The second-order valence-corrected chi connectivity index (χ2v) is 3.59. The maximum absolute atomic E-state index is 9.79. The molecule has 0 radical (unpaired) electrons. The van der Waals surface area contributed by atoms with Crippen molar-refractivity contribution in [1.82, 2.24) is 0 Å². The molecule has 0 amide bonds. The van der Waals surface area contributed by atoms with E-state index in [-0.39, 0.29) is 5.75 Å². The molecule has 0 spiro atoms. The molecule has 0 heterocycles. The summed E-state index contributed by atoms with van der Waals surface area (Å²) >= 11 is 0. The van der Waals surface area contributed by atoms with Gasteiger partial charge >= 0.3 is 0 Å². The first-order valence-corrected chi connectivity index (χ1v) is 4.83. The highest BCUT2D eigenvalue weighted by molar-refractivity contribution is 5.74. The molecule has 76 valence electrons. The van der Waals surface area contributed by atoms with Crippen LogP contribution in [0.25, 0.3) is 11.1 Å². The second-order valence-electron chi connectivity index (χ2n) is 3.59. The van der Waals surface area contributed by atoms with Gasteiger partial charge < -0.3 is 10.8 Å². The summed E-state index contributed by atoms with van der Waals surface area (Å²) in [6.45, 7) is 2.02. The van der Waals surface area contributed by atoms with Gasteiger partial charge in [-0.2, -0.15) is 0 Å². The number of anilines is 1. The molecule has 2 nitrogen and oxygen atoms in total. The Morgan fingerprint density at radius 3 is 2.40 bits per heavy atom. The highest BCUT2D eigenvalue weighted by Gasteiger charge is 2.06. The van der Waals surface area contributed by atoms with Crippen LogP contribution in [-0.4, -0.2) is 5.11 Å². The van der Waals surface area contributed by atoms with Crippen molar-refractivity contribution >= 4 is 5.69 Å². The van der Waals surface area contributed by atoms with Gasteiger partial charge in [-0.25, -0.2) is 0 Å². The predicted octanol–water partition coefficient (Wildman–Crippen LogP) is 2.95. The van der Waals surface area contributed by atoms with Gasteiger partial charge in [-0.05, 0) is 30.2 Å². The first-order chi connectivity index (χ1) is 7.18. The molecule has 0 saturated carbocycles. The fourth-order valence-corrected chi connectivity index (χ4v) is 1.65. The summed E-state index contributed by atoms with van der Waals surface area (Å²) in [6.07, 6.45) is 0. The molecule has 0 aromatic heterocycles. The van der Waals surface area contributed by atoms with E-state index in [1.54, 1.807) is 12.1 Å². The molecule has 2 aromatic rings. The molecular formula is C13H13NO. The molecular weight excluding hydrogens is 186 g/mol. The zero-order valence-electron chi connectivity index (χ0n) is 8.57. The van der Waals surface area contributed by atoms with Crippen molar-refractivity contribution in [3.05, 3.63) is 48.0 Å². The van der Waals surface area contributed by atoms with Crippen molar-refractivity contribution < 1.29 is 5.11 Å². The molecule has 3 N–H and O–H groups in total. The molecule has 0 bridgehead atoms. The zero-order valence-corrected chi connectivity index (χ0v) is 8.57. The van der Waals surface area contributed by atoms with Gasteiger partial charge in [0.05, 0.1) is 0 Å². The first-order valence-electron chi connectivity index (χ1n) is 4.83. The molecule has 0 unspecified atom stereocenters. The summed E-state index contributed by atoms with van der Waals surface area (Å²) in [6, 6.07) is 13.1. The van der Waals surface area contributed by atoms with Crippen LogP contribution in [-0.2, 0) is 0 Å². The lowest BCUT2D eigenvalue weighted by atomic mass is 10.00. The van der Waals surface area contributed by atoms with E-state index >= 15 is 0 Å². The van der Waals surface area contributed by atoms with Crippen LogP contribution in [0.2, 0.25) is 0 Å². The van der Waals surface area contributed by atoms with Gasteiger partial charge in [-0.1, -0.05) is 24.3 Å². The summed E-state index contributed by atoms with van der Waals surface area (Å²) in [5.41, 5.74) is 9.15. The topological polar surface area (TPSA) is 46.2 Å². The van der Waals surface area contributed by atoms with Gasteiger partial charge in [0, 0.05) is 17.3 Å². The average Bonchev–Trinajstić information content (AvgIpc) is 2.20. The third kappa shape index (κ3) is 1.79. The molecule has 0 aliphatic rings. The number of phenols is 1. The average molecular weight is 199 g/mol. The van der Waals surface area contributed by atoms with Crippen LogP contribution < -0.4 is 5.73 Å². The monoisotopic (exact) mass is 199 g/mol. The Balaban J connectivity index is 2.60. The van der Waals surface area contributed by atoms with Crippen LogP contribution in [0, 0.1) is 6.92 Å². The normalized spacial score (nSPS) is 10.2. The molecule has 0 aliphatic carbocycles. The number of aryl methyl sites for hydroxylation is 1. The minimum atomic E-state index is 0.226. The molecule has 15 heavy (non-hydrogen) atoms. The number of phenolic OH excluding ortho intramolecular Hbond substituents is 1. The van der Waals surface area contributed by atoms with E-state index in [9.17, 15) is 5.11 Å². The van der Waals surface area contributed by atoms with Crippen molar-refractivity contribution in [3.63, 3.8) is 0 Å². The predicted molar refractivity (Wildman–Crippen MR) is 62.7 cm³/mol. The first kappa shape index (κ1) is 9.59. The van der Waals surface area contributed by atoms with E-state index in [1.165, 1.54) is 0 Å². The fourth-order valence-electron chi connectivity index (χ4n) is 1.65. The number of hydrogen-bond donors (Lipinski definition) is 2. The molecule has 2 heteroatoms. The van der Waals surface area contributed by atoms with Crippen LogP contribution in [0.4, 0.5) is 5.69 Å². The minimum absolute atomic E-state index is 0.226. The van der Waals surface area contributed by atoms with Gasteiger partial charge in [-0.15, -0.1) is 0 Å². The van der Waals surface area contributed by atoms with E-state index in [0.29, 0.717) is 5.69 Å². The standard InChI is InChI=1S/C13H13NO/c1-9-4-2-3-5-11(9)12-7-6-10(14)8-13(12)15/h2-8,15H,14H2,1H3. The van der Waals surface area contributed by atoms with E-state index in [1.807, 2.05) is 37.3 Å². The lowest BCUT2D eigenvalue weighted by Crippen LogP contribution is -1.87. The largest absolute Gasteiger partial charge is 0.507 e. The Bertz CT molecular complexity index is 492. The summed E-state index contributed by atoms with van der Waals surface area (Å²) in [5, 5.41) is 9.79. The quantitative estimate of drug-likeness (QED) is 0.693. The number of aromatic hydroxyl groups is 1. The summed E-state index contributed by atoms with van der Waals surface area (Å²) < 4.78 is 0. The SMILES string of the molecule is Cc1ccccc1-c1ccc(N)cc1O. The van der Waals surface area contributed by atoms with Crippen molar-refractivity contribution in [3.8, 4) is 16.9 Å². The van der Waals surface area contributed by atoms with Crippen molar-refractivity contribution in [2.75, 3.05) is 5.73 Å². The summed E-state index contributed by atoms with van der Waals surface area (Å²) in [7, 11) is 0. The zero-order chi connectivity index (χ0) is 10.8. The number of rotatable bonds is 1. The lowest BCUT2D eigenvalue weighted by molar-refractivity contribution is 0.477. The Kier molecular flexibility index (Phi) is 2.34. The van der Waals surface area contributed by atoms with E-state index in [2.05, 4.69) is 0 Å². The number of nitrogen functional groups attached to an aromatic ring is 1. The van der Waals surface area contributed by atoms with Gasteiger partial charge in [0.15, 0.2) is 0 Å². The lowest BCUT2D eigenvalue weighted by Gasteiger charge is -2.08. The van der Waals surface area contributed by atoms with Gasteiger partial charge in [0.25, 0.3) is 0 Å². The van der Waals surface area contributed by atoms with Crippen LogP contribution in [0.1, 0.15) is 5.56 Å². The summed E-state index contributed by atoms with van der Waals surface area (Å²) in [4.78, 5) is 0. The molecule has 0 atom stereocenters. The Hall–Kier alpha value is -1.96. The highest BCUT2D eigenvalue weighted by atomic mass is 16.3. The van der Waals surface area contributed by atoms with Crippen LogP contribution in [0.3, 0.4) is 0 Å². The van der Waals surface area contributed by atoms with E-state index in [4.69, 9.17) is 5.73 Å². The number of benzene rings is 2. The van der Waals surface area contributed by atoms with Gasteiger partial charge in [-0.3, -0.25) is 0 Å². The van der Waals surface area contributed by atoms with Crippen molar-refractivity contribution in [2.24, 2.45) is 0 Å². The molecule has 0 fully saturated rings.